The lowest BCUT2D eigenvalue weighted by molar-refractivity contribution is 0.140. The summed E-state index contributed by atoms with van der Waals surface area (Å²) >= 11 is 0. The number of halogens is 3. The highest BCUT2D eigenvalue weighted by Gasteiger charge is 2.30. The van der Waals surface area contributed by atoms with Gasteiger partial charge in [0.15, 0.2) is 17.5 Å². The highest BCUT2D eigenvalue weighted by Crippen LogP contribution is 2.43. The standard InChI is InChI=1S/C26H37F3/c1-2-3-4-5-6-19-9-13-22(14-10-19)23-15-11-20(12-16-23)7-8-21-17-24(27)26(29)25(28)18-21/h2,17-20,22-23H,1,3-16H2/t19-,20-,22-,23-. The lowest BCUT2D eigenvalue weighted by atomic mass is 9.68. The van der Waals surface area contributed by atoms with Crippen molar-refractivity contribution in [2.75, 3.05) is 0 Å². The Morgan fingerprint density at radius 2 is 1.28 bits per heavy atom. The second-order valence-electron chi connectivity index (χ2n) is 9.55. The zero-order valence-corrected chi connectivity index (χ0v) is 17.8. The summed E-state index contributed by atoms with van der Waals surface area (Å²) in [5, 5.41) is 0. The summed E-state index contributed by atoms with van der Waals surface area (Å²) in [5.74, 6) is -0.109. The van der Waals surface area contributed by atoms with Gasteiger partial charge in [-0.1, -0.05) is 44.6 Å². The molecule has 0 nitrogen and oxygen atoms in total. The first-order valence-electron chi connectivity index (χ1n) is 11.8. The maximum atomic E-state index is 13.4. The third-order valence-corrected chi connectivity index (χ3v) is 7.60. The minimum Gasteiger partial charge on any atom is -0.204 e. The molecule has 1 aromatic rings. The minimum absolute atomic E-state index is 0.579. The van der Waals surface area contributed by atoms with E-state index in [1.54, 1.807) is 0 Å². The lowest BCUT2D eigenvalue weighted by Gasteiger charge is -2.38. The van der Waals surface area contributed by atoms with Crippen LogP contribution < -0.4 is 0 Å². The van der Waals surface area contributed by atoms with Gasteiger partial charge >= 0.3 is 0 Å². The van der Waals surface area contributed by atoms with E-state index in [-0.39, 0.29) is 0 Å². The molecule has 2 saturated carbocycles. The molecule has 0 radical (unpaired) electrons. The monoisotopic (exact) mass is 406 g/mol. The van der Waals surface area contributed by atoms with E-state index in [4.69, 9.17) is 0 Å². The molecule has 0 N–H and O–H groups in total. The van der Waals surface area contributed by atoms with Crippen LogP contribution in [-0.2, 0) is 6.42 Å². The Labute approximate surface area is 175 Å². The third-order valence-electron chi connectivity index (χ3n) is 7.60. The first kappa shape index (κ1) is 22.4. The predicted octanol–water partition coefficient (Wildman–Crippen LogP) is 8.40. The highest BCUT2D eigenvalue weighted by molar-refractivity contribution is 5.19. The normalized spacial score (nSPS) is 27.7. The van der Waals surface area contributed by atoms with Crippen molar-refractivity contribution in [3.63, 3.8) is 0 Å². The Bertz CT molecular complexity index is 614. The maximum Gasteiger partial charge on any atom is 0.194 e. The molecule has 0 amide bonds. The van der Waals surface area contributed by atoms with Gasteiger partial charge in [-0.3, -0.25) is 0 Å². The van der Waals surface area contributed by atoms with Crippen molar-refractivity contribution < 1.29 is 13.2 Å². The van der Waals surface area contributed by atoms with E-state index in [1.165, 1.54) is 70.6 Å². The molecule has 2 aliphatic rings. The van der Waals surface area contributed by atoms with Crippen LogP contribution >= 0.6 is 0 Å². The quantitative estimate of drug-likeness (QED) is 0.219. The molecule has 0 heterocycles. The van der Waals surface area contributed by atoms with Gasteiger partial charge in [-0.15, -0.1) is 6.58 Å². The molecule has 162 valence electrons. The fourth-order valence-corrected chi connectivity index (χ4v) is 5.74. The Kier molecular flexibility index (Phi) is 8.68. The molecule has 0 unspecified atom stereocenters. The summed E-state index contributed by atoms with van der Waals surface area (Å²) in [6, 6.07) is 2.31. The minimum atomic E-state index is -1.36. The maximum absolute atomic E-state index is 13.4. The van der Waals surface area contributed by atoms with Crippen molar-refractivity contribution in [1.82, 2.24) is 0 Å². The summed E-state index contributed by atoms with van der Waals surface area (Å²) < 4.78 is 39.8. The smallest absolute Gasteiger partial charge is 0.194 e. The molecule has 2 fully saturated rings. The van der Waals surface area contributed by atoms with E-state index in [0.717, 1.165) is 42.7 Å². The first-order valence-corrected chi connectivity index (χ1v) is 11.8. The van der Waals surface area contributed by atoms with Crippen molar-refractivity contribution in [3.05, 3.63) is 47.8 Å². The number of aryl methyl sites for hydroxylation is 1. The molecule has 0 bridgehead atoms. The highest BCUT2D eigenvalue weighted by atomic mass is 19.2. The van der Waals surface area contributed by atoms with Gasteiger partial charge in [0.25, 0.3) is 0 Å². The van der Waals surface area contributed by atoms with Crippen molar-refractivity contribution in [2.45, 2.75) is 89.9 Å². The molecule has 3 heteroatoms. The van der Waals surface area contributed by atoms with E-state index in [1.807, 2.05) is 6.08 Å². The summed E-state index contributed by atoms with van der Waals surface area (Å²) in [4.78, 5) is 0. The largest absolute Gasteiger partial charge is 0.204 e. The first-order chi connectivity index (χ1) is 14.1. The van der Waals surface area contributed by atoms with Crippen LogP contribution in [0.2, 0.25) is 0 Å². The number of unbranched alkanes of at least 4 members (excludes halogenated alkanes) is 2. The Morgan fingerprint density at radius 3 is 1.79 bits per heavy atom. The Hall–Kier alpha value is -1.25. The van der Waals surface area contributed by atoms with Crippen LogP contribution in [0.5, 0.6) is 0 Å². The van der Waals surface area contributed by atoms with Crippen molar-refractivity contribution in [1.29, 1.82) is 0 Å². The van der Waals surface area contributed by atoms with Gasteiger partial charge in [0.2, 0.25) is 0 Å². The van der Waals surface area contributed by atoms with Gasteiger partial charge in [0, 0.05) is 0 Å². The van der Waals surface area contributed by atoms with Gasteiger partial charge in [-0.05, 0) is 92.7 Å². The van der Waals surface area contributed by atoms with Crippen molar-refractivity contribution >= 4 is 0 Å². The zero-order valence-electron chi connectivity index (χ0n) is 17.8. The molecule has 0 spiro atoms. The fraction of sp³-hybridized carbons (Fsp3) is 0.692. The van der Waals surface area contributed by atoms with Gasteiger partial charge in [0.1, 0.15) is 0 Å². The summed E-state index contributed by atoms with van der Waals surface area (Å²) in [6.07, 6.45) is 19.6. The van der Waals surface area contributed by atoms with E-state index in [2.05, 4.69) is 6.58 Å². The molecule has 0 aromatic heterocycles. The molecule has 2 aliphatic carbocycles. The van der Waals surface area contributed by atoms with Gasteiger partial charge in [-0.2, -0.15) is 0 Å². The van der Waals surface area contributed by atoms with Gasteiger partial charge < -0.3 is 0 Å². The number of hydrogen-bond donors (Lipinski definition) is 0. The van der Waals surface area contributed by atoms with Crippen molar-refractivity contribution in [2.24, 2.45) is 23.7 Å². The summed E-state index contributed by atoms with van der Waals surface area (Å²) in [5.41, 5.74) is 0.579. The van der Waals surface area contributed by atoms with E-state index >= 15 is 0 Å². The van der Waals surface area contributed by atoms with Crippen LogP contribution in [0.15, 0.2) is 24.8 Å². The molecule has 1 aromatic carbocycles. The van der Waals surface area contributed by atoms with E-state index in [0.29, 0.717) is 17.9 Å². The Morgan fingerprint density at radius 1 is 0.759 bits per heavy atom. The molecule has 3 rings (SSSR count). The van der Waals surface area contributed by atoms with Crippen LogP contribution in [0.25, 0.3) is 0 Å². The van der Waals surface area contributed by atoms with Crippen LogP contribution in [0.1, 0.15) is 89.0 Å². The summed E-state index contributed by atoms with van der Waals surface area (Å²) in [6.45, 7) is 3.81. The number of benzene rings is 1. The molecule has 29 heavy (non-hydrogen) atoms. The average Bonchev–Trinajstić information content (AvgIpc) is 2.74. The molecule has 0 atom stereocenters. The Balaban J connectivity index is 1.34. The van der Waals surface area contributed by atoms with E-state index in [9.17, 15) is 13.2 Å². The van der Waals surface area contributed by atoms with Crippen molar-refractivity contribution in [3.8, 4) is 0 Å². The number of allylic oxidation sites excluding steroid dienone is 1. The number of hydrogen-bond acceptors (Lipinski definition) is 0. The number of rotatable bonds is 9. The second kappa shape index (κ2) is 11.2. The van der Waals surface area contributed by atoms with E-state index < -0.39 is 17.5 Å². The topological polar surface area (TPSA) is 0 Å². The van der Waals surface area contributed by atoms with Crippen LogP contribution in [0, 0.1) is 41.1 Å². The second-order valence-corrected chi connectivity index (χ2v) is 9.55. The summed E-state index contributed by atoms with van der Waals surface area (Å²) in [7, 11) is 0. The molecule has 0 aliphatic heterocycles. The molecular formula is C26H37F3. The van der Waals surface area contributed by atoms with Crippen LogP contribution in [0.4, 0.5) is 13.2 Å². The van der Waals surface area contributed by atoms with Crippen LogP contribution in [-0.4, -0.2) is 0 Å². The fourth-order valence-electron chi connectivity index (χ4n) is 5.74. The third kappa shape index (κ3) is 6.62. The molecular weight excluding hydrogens is 369 g/mol. The SMILES string of the molecule is C=CCCCC[C@H]1CC[C@H]([C@H]2CC[C@H](CCc3cc(F)c(F)c(F)c3)CC2)CC1. The average molecular weight is 407 g/mol. The lowest BCUT2D eigenvalue weighted by Crippen LogP contribution is -2.26. The van der Waals surface area contributed by atoms with Gasteiger partial charge in [-0.25, -0.2) is 13.2 Å². The molecule has 0 saturated heterocycles. The predicted molar refractivity (Wildman–Crippen MR) is 114 cm³/mol. The van der Waals surface area contributed by atoms with Gasteiger partial charge in [0.05, 0.1) is 0 Å². The van der Waals surface area contributed by atoms with Crippen LogP contribution in [0.3, 0.4) is 0 Å². The zero-order chi connectivity index (χ0) is 20.6.